The van der Waals surface area contributed by atoms with Gasteiger partial charge in [-0.3, -0.25) is 4.79 Å². The SMILES string of the molecule is CC(C)Cc1ccc([C@@H](C)C(=O)NC2CCN(C)C2)cc1. The Balaban J connectivity index is 1.92. The third-order valence-electron chi connectivity index (χ3n) is 4.25. The molecule has 0 aliphatic carbocycles. The summed E-state index contributed by atoms with van der Waals surface area (Å²) in [7, 11) is 2.10. The second-order valence-corrected chi connectivity index (χ2v) is 6.82. The molecule has 116 valence electrons. The molecule has 1 amide bonds. The lowest BCUT2D eigenvalue weighted by atomic mass is 9.96. The summed E-state index contributed by atoms with van der Waals surface area (Å²) in [6.45, 7) is 8.48. The first-order chi connectivity index (χ1) is 9.95. The average Bonchev–Trinajstić information content (AvgIpc) is 2.83. The number of benzene rings is 1. The minimum atomic E-state index is -0.0796. The van der Waals surface area contributed by atoms with Gasteiger partial charge in [0, 0.05) is 12.6 Å². The molecule has 1 aliphatic heterocycles. The summed E-state index contributed by atoms with van der Waals surface area (Å²) < 4.78 is 0. The van der Waals surface area contributed by atoms with Gasteiger partial charge in [0.05, 0.1) is 5.92 Å². The van der Waals surface area contributed by atoms with Gasteiger partial charge in [-0.15, -0.1) is 0 Å². The van der Waals surface area contributed by atoms with Crippen LogP contribution >= 0.6 is 0 Å². The number of hydrogen-bond acceptors (Lipinski definition) is 2. The van der Waals surface area contributed by atoms with E-state index in [0.29, 0.717) is 12.0 Å². The molecule has 0 spiro atoms. The summed E-state index contributed by atoms with van der Waals surface area (Å²) in [6.07, 6.45) is 2.15. The fraction of sp³-hybridized carbons (Fsp3) is 0.611. The van der Waals surface area contributed by atoms with E-state index >= 15 is 0 Å². The van der Waals surface area contributed by atoms with Crippen LogP contribution in [0.15, 0.2) is 24.3 Å². The van der Waals surface area contributed by atoms with Crippen molar-refractivity contribution in [2.24, 2.45) is 5.92 Å². The van der Waals surface area contributed by atoms with Gasteiger partial charge in [-0.1, -0.05) is 38.1 Å². The minimum absolute atomic E-state index is 0.0796. The van der Waals surface area contributed by atoms with Gasteiger partial charge in [0.1, 0.15) is 0 Å². The Morgan fingerprint density at radius 2 is 1.95 bits per heavy atom. The van der Waals surface area contributed by atoms with Crippen LogP contribution in [-0.2, 0) is 11.2 Å². The minimum Gasteiger partial charge on any atom is -0.352 e. The summed E-state index contributed by atoms with van der Waals surface area (Å²) in [5, 5.41) is 3.17. The van der Waals surface area contributed by atoms with Crippen molar-refractivity contribution in [3.63, 3.8) is 0 Å². The maximum absolute atomic E-state index is 12.3. The Morgan fingerprint density at radius 1 is 1.29 bits per heavy atom. The molecular weight excluding hydrogens is 260 g/mol. The van der Waals surface area contributed by atoms with Gasteiger partial charge >= 0.3 is 0 Å². The Bertz CT molecular complexity index is 467. The molecule has 2 rings (SSSR count). The van der Waals surface area contributed by atoms with Crippen molar-refractivity contribution in [3.05, 3.63) is 35.4 Å². The van der Waals surface area contributed by atoms with Crippen LogP contribution in [0.5, 0.6) is 0 Å². The van der Waals surface area contributed by atoms with Crippen LogP contribution in [0.1, 0.15) is 44.2 Å². The number of nitrogens with zero attached hydrogens (tertiary/aromatic N) is 1. The van der Waals surface area contributed by atoms with Gasteiger partial charge in [-0.2, -0.15) is 0 Å². The van der Waals surface area contributed by atoms with E-state index in [1.807, 2.05) is 6.92 Å². The lowest BCUT2D eigenvalue weighted by molar-refractivity contribution is -0.122. The molecule has 3 heteroatoms. The normalized spacial score (nSPS) is 20.7. The van der Waals surface area contributed by atoms with Crippen molar-refractivity contribution in [2.45, 2.75) is 45.6 Å². The zero-order valence-corrected chi connectivity index (χ0v) is 13.7. The maximum Gasteiger partial charge on any atom is 0.227 e. The Hall–Kier alpha value is -1.35. The molecule has 3 nitrogen and oxygen atoms in total. The van der Waals surface area contributed by atoms with Crippen LogP contribution in [0.4, 0.5) is 0 Å². The topological polar surface area (TPSA) is 32.3 Å². The van der Waals surface area contributed by atoms with Crippen LogP contribution in [0, 0.1) is 5.92 Å². The Morgan fingerprint density at radius 3 is 2.48 bits per heavy atom. The molecule has 1 aliphatic rings. The van der Waals surface area contributed by atoms with Crippen molar-refractivity contribution >= 4 is 5.91 Å². The molecule has 0 saturated carbocycles. The zero-order chi connectivity index (χ0) is 15.4. The highest BCUT2D eigenvalue weighted by Gasteiger charge is 2.23. The maximum atomic E-state index is 12.3. The van der Waals surface area contributed by atoms with Crippen LogP contribution < -0.4 is 5.32 Å². The predicted molar refractivity (Wildman–Crippen MR) is 87.4 cm³/mol. The van der Waals surface area contributed by atoms with E-state index in [2.05, 4.69) is 55.4 Å². The number of amides is 1. The van der Waals surface area contributed by atoms with Gasteiger partial charge < -0.3 is 10.2 Å². The lowest BCUT2D eigenvalue weighted by Gasteiger charge is -2.17. The van der Waals surface area contributed by atoms with E-state index in [9.17, 15) is 4.79 Å². The third-order valence-corrected chi connectivity index (χ3v) is 4.25. The summed E-state index contributed by atoms with van der Waals surface area (Å²) in [5.74, 6) is 0.729. The van der Waals surface area contributed by atoms with E-state index in [1.54, 1.807) is 0 Å². The van der Waals surface area contributed by atoms with Crippen molar-refractivity contribution in [1.82, 2.24) is 10.2 Å². The van der Waals surface area contributed by atoms with Crippen LogP contribution in [-0.4, -0.2) is 37.0 Å². The lowest BCUT2D eigenvalue weighted by Crippen LogP contribution is -2.38. The van der Waals surface area contributed by atoms with Crippen molar-refractivity contribution < 1.29 is 4.79 Å². The van der Waals surface area contributed by atoms with Crippen molar-refractivity contribution in [3.8, 4) is 0 Å². The van der Waals surface area contributed by atoms with Crippen molar-refractivity contribution in [1.29, 1.82) is 0 Å². The quantitative estimate of drug-likeness (QED) is 0.903. The number of likely N-dealkylation sites (N-methyl/N-ethyl adjacent to an activating group) is 1. The van der Waals surface area contributed by atoms with E-state index in [1.165, 1.54) is 5.56 Å². The third kappa shape index (κ3) is 4.57. The number of carbonyl (C=O) groups excluding carboxylic acids is 1. The Kier molecular flexibility index (Phi) is 5.40. The van der Waals surface area contributed by atoms with E-state index in [4.69, 9.17) is 0 Å². The second-order valence-electron chi connectivity index (χ2n) is 6.82. The first-order valence-corrected chi connectivity index (χ1v) is 8.03. The molecular formula is C18H28N2O. The molecule has 0 bridgehead atoms. The molecule has 1 N–H and O–H groups in total. The highest BCUT2D eigenvalue weighted by Crippen LogP contribution is 2.18. The highest BCUT2D eigenvalue weighted by molar-refractivity contribution is 5.83. The zero-order valence-electron chi connectivity index (χ0n) is 13.7. The molecule has 1 unspecified atom stereocenters. The summed E-state index contributed by atoms with van der Waals surface area (Å²) in [5.41, 5.74) is 2.45. The predicted octanol–water partition coefficient (Wildman–Crippen LogP) is 2.81. The van der Waals surface area contributed by atoms with Crippen LogP contribution in [0.25, 0.3) is 0 Å². The summed E-state index contributed by atoms with van der Waals surface area (Å²) in [4.78, 5) is 14.6. The molecule has 2 atom stereocenters. The molecule has 1 saturated heterocycles. The number of likely N-dealkylation sites (tertiary alicyclic amines) is 1. The van der Waals surface area contributed by atoms with Gasteiger partial charge in [0.25, 0.3) is 0 Å². The molecule has 1 heterocycles. The van der Waals surface area contributed by atoms with Crippen LogP contribution in [0.2, 0.25) is 0 Å². The first-order valence-electron chi connectivity index (χ1n) is 8.03. The fourth-order valence-electron chi connectivity index (χ4n) is 2.94. The van der Waals surface area contributed by atoms with E-state index in [0.717, 1.165) is 31.5 Å². The largest absolute Gasteiger partial charge is 0.352 e. The Labute approximate surface area is 128 Å². The molecule has 1 fully saturated rings. The summed E-state index contributed by atoms with van der Waals surface area (Å²) in [6, 6.07) is 8.82. The van der Waals surface area contributed by atoms with Gasteiger partial charge in [-0.05, 0) is 50.4 Å². The van der Waals surface area contributed by atoms with Crippen molar-refractivity contribution in [2.75, 3.05) is 20.1 Å². The fourth-order valence-corrected chi connectivity index (χ4v) is 2.94. The highest BCUT2D eigenvalue weighted by atomic mass is 16.1. The number of carbonyl (C=O) groups is 1. The number of rotatable bonds is 5. The molecule has 1 aromatic carbocycles. The standard InChI is InChI=1S/C18H28N2O/c1-13(2)11-15-5-7-16(8-6-15)14(3)18(21)19-17-9-10-20(4)12-17/h5-8,13-14,17H,9-12H2,1-4H3,(H,19,21)/t14-,17?/m1/s1. The monoisotopic (exact) mass is 288 g/mol. The van der Waals surface area contributed by atoms with Gasteiger partial charge in [0.2, 0.25) is 5.91 Å². The smallest absolute Gasteiger partial charge is 0.227 e. The molecule has 1 aromatic rings. The second kappa shape index (κ2) is 7.08. The van der Waals surface area contributed by atoms with E-state index < -0.39 is 0 Å². The van der Waals surface area contributed by atoms with E-state index in [-0.39, 0.29) is 11.8 Å². The summed E-state index contributed by atoms with van der Waals surface area (Å²) >= 11 is 0. The number of nitrogens with one attached hydrogen (secondary N) is 1. The average molecular weight is 288 g/mol. The molecule has 21 heavy (non-hydrogen) atoms. The first kappa shape index (κ1) is 16.0. The molecule has 0 radical (unpaired) electrons. The van der Waals surface area contributed by atoms with Crippen LogP contribution in [0.3, 0.4) is 0 Å². The molecule has 0 aromatic heterocycles. The van der Waals surface area contributed by atoms with Gasteiger partial charge in [0.15, 0.2) is 0 Å². The van der Waals surface area contributed by atoms with Gasteiger partial charge in [-0.25, -0.2) is 0 Å². The number of hydrogen-bond donors (Lipinski definition) is 1.